The van der Waals surface area contributed by atoms with Crippen LogP contribution in [0.5, 0.6) is 0 Å². The van der Waals surface area contributed by atoms with E-state index in [2.05, 4.69) is 20.1 Å². The van der Waals surface area contributed by atoms with Crippen LogP contribution in [-0.2, 0) is 18.3 Å². The van der Waals surface area contributed by atoms with Crippen LogP contribution in [0.25, 0.3) is 0 Å². The fourth-order valence-electron chi connectivity index (χ4n) is 2.72. The molecule has 0 spiro atoms. The molecule has 21 heavy (non-hydrogen) atoms. The largest absolute Gasteiger partial charge is 0.368 e. The molecule has 1 aliphatic carbocycles. The summed E-state index contributed by atoms with van der Waals surface area (Å²) in [5, 5.41) is 9.43. The van der Waals surface area contributed by atoms with Gasteiger partial charge in [0.2, 0.25) is 0 Å². The van der Waals surface area contributed by atoms with E-state index < -0.39 is 0 Å². The first kappa shape index (κ1) is 13.4. The Kier molecular flexibility index (Phi) is 3.48. The van der Waals surface area contributed by atoms with E-state index in [1.54, 1.807) is 6.33 Å². The molecule has 2 fully saturated rings. The molecule has 0 aromatic carbocycles. The standard InChI is InChI=1S/C14H19N5OS/c1-18-9-16-17-13(18)12-8-19(4-5-20-12)7-11-6-15-14(21-11)10-2-3-10/h6,9-10,12H,2-5,7-8H2,1H3. The van der Waals surface area contributed by atoms with Crippen molar-refractivity contribution in [1.82, 2.24) is 24.6 Å². The summed E-state index contributed by atoms with van der Waals surface area (Å²) in [6.45, 7) is 3.53. The normalized spacial score (nSPS) is 23.6. The SMILES string of the molecule is Cn1cnnc1C1CN(Cc2cnc(C3CC3)s2)CCO1. The zero-order valence-corrected chi connectivity index (χ0v) is 12.9. The third-order valence-corrected chi connectivity index (χ3v) is 5.21. The quantitative estimate of drug-likeness (QED) is 0.861. The lowest BCUT2D eigenvalue weighted by Gasteiger charge is -2.31. The second-order valence-electron chi connectivity index (χ2n) is 5.83. The molecule has 7 heteroatoms. The molecule has 1 aliphatic heterocycles. The number of hydrogen-bond donors (Lipinski definition) is 0. The Balaban J connectivity index is 1.41. The summed E-state index contributed by atoms with van der Waals surface area (Å²) in [6, 6.07) is 0. The molecule has 1 atom stereocenters. The number of thiazole rings is 1. The van der Waals surface area contributed by atoms with Gasteiger partial charge in [0.05, 0.1) is 11.6 Å². The molecule has 1 saturated carbocycles. The van der Waals surface area contributed by atoms with Gasteiger partial charge in [0.25, 0.3) is 0 Å². The lowest BCUT2D eigenvalue weighted by molar-refractivity contribution is -0.0382. The van der Waals surface area contributed by atoms with E-state index in [1.165, 1.54) is 22.7 Å². The molecule has 4 rings (SSSR count). The van der Waals surface area contributed by atoms with Crippen molar-refractivity contribution < 1.29 is 4.74 Å². The predicted octanol–water partition coefficient (Wildman–Crippen LogP) is 1.72. The van der Waals surface area contributed by atoms with Crippen molar-refractivity contribution in [3.63, 3.8) is 0 Å². The van der Waals surface area contributed by atoms with E-state index in [1.807, 2.05) is 29.1 Å². The topological polar surface area (TPSA) is 56.1 Å². The van der Waals surface area contributed by atoms with Crippen LogP contribution in [0, 0.1) is 0 Å². The van der Waals surface area contributed by atoms with Crippen LogP contribution in [0.4, 0.5) is 0 Å². The lowest BCUT2D eigenvalue weighted by Crippen LogP contribution is -2.38. The summed E-state index contributed by atoms with van der Waals surface area (Å²) < 4.78 is 7.78. The first-order valence-electron chi connectivity index (χ1n) is 7.42. The van der Waals surface area contributed by atoms with Crippen LogP contribution in [0.15, 0.2) is 12.5 Å². The summed E-state index contributed by atoms with van der Waals surface area (Å²) in [5.41, 5.74) is 0. The zero-order valence-electron chi connectivity index (χ0n) is 12.1. The van der Waals surface area contributed by atoms with Gasteiger partial charge in [-0.1, -0.05) is 0 Å². The van der Waals surface area contributed by atoms with Gasteiger partial charge in [-0.25, -0.2) is 4.98 Å². The number of aromatic nitrogens is 4. The molecule has 2 aromatic heterocycles. The van der Waals surface area contributed by atoms with Gasteiger partial charge in [0, 0.05) is 43.7 Å². The number of ether oxygens (including phenoxy) is 1. The average molecular weight is 305 g/mol. The van der Waals surface area contributed by atoms with Crippen LogP contribution in [0.1, 0.15) is 40.6 Å². The monoisotopic (exact) mass is 305 g/mol. The molecule has 6 nitrogen and oxygen atoms in total. The molecule has 1 saturated heterocycles. The number of hydrogen-bond acceptors (Lipinski definition) is 6. The van der Waals surface area contributed by atoms with Crippen LogP contribution in [-0.4, -0.2) is 44.3 Å². The van der Waals surface area contributed by atoms with Crippen molar-refractivity contribution in [3.05, 3.63) is 28.2 Å². The van der Waals surface area contributed by atoms with Gasteiger partial charge >= 0.3 is 0 Å². The van der Waals surface area contributed by atoms with Gasteiger partial charge in [-0.15, -0.1) is 21.5 Å². The van der Waals surface area contributed by atoms with E-state index in [0.29, 0.717) is 0 Å². The highest BCUT2D eigenvalue weighted by molar-refractivity contribution is 7.11. The summed E-state index contributed by atoms with van der Waals surface area (Å²) in [5.74, 6) is 1.66. The van der Waals surface area contributed by atoms with Crippen LogP contribution in [0.3, 0.4) is 0 Å². The van der Waals surface area contributed by atoms with E-state index >= 15 is 0 Å². The smallest absolute Gasteiger partial charge is 0.163 e. The fraction of sp³-hybridized carbons (Fsp3) is 0.643. The van der Waals surface area contributed by atoms with E-state index in [0.717, 1.165) is 38.0 Å². The maximum absolute atomic E-state index is 5.85. The number of morpholine rings is 1. The Hall–Kier alpha value is -1.31. The summed E-state index contributed by atoms with van der Waals surface area (Å²) >= 11 is 1.87. The summed E-state index contributed by atoms with van der Waals surface area (Å²) in [4.78, 5) is 8.34. The fourth-order valence-corrected chi connectivity index (χ4v) is 3.85. The number of aryl methyl sites for hydroxylation is 1. The molecule has 0 radical (unpaired) electrons. The molecule has 2 aliphatic rings. The van der Waals surface area contributed by atoms with Crippen molar-refractivity contribution in [2.45, 2.75) is 31.4 Å². The minimum Gasteiger partial charge on any atom is -0.368 e. The second kappa shape index (κ2) is 5.47. The zero-order chi connectivity index (χ0) is 14.2. The summed E-state index contributed by atoms with van der Waals surface area (Å²) in [6.07, 6.45) is 6.42. The molecule has 2 aromatic rings. The maximum atomic E-state index is 5.85. The molecule has 1 unspecified atom stereocenters. The van der Waals surface area contributed by atoms with Crippen LogP contribution < -0.4 is 0 Å². The highest BCUT2D eigenvalue weighted by atomic mass is 32.1. The van der Waals surface area contributed by atoms with Crippen LogP contribution >= 0.6 is 11.3 Å². The molecule has 0 N–H and O–H groups in total. The van der Waals surface area contributed by atoms with Gasteiger partial charge < -0.3 is 9.30 Å². The highest BCUT2D eigenvalue weighted by Gasteiger charge is 2.28. The second-order valence-corrected chi connectivity index (χ2v) is 6.98. The van der Waals surface area contributed by atoms with Gasteiger partial charge in [-0.2, -0.15) is 0 Å². The van der Waals surface area contributed by atoms with Gasteiger partial charge in [-0.05, 0) is 12.8 Å². The molecular formula is C14H19N5OS. The highest BCUT2D eigenvalue weighted by Crippen LogP contribution is 2.41. The Morgan fingerprint density at radius 1 is 1.43 bits per heavy atom. The molecule has 112 valence electrons. The van der Waals surface area contributed by atoms with Gasteiger partial charge in [-0.3, -0.25) is 4.90 Å². The molecule has 0 bridgehead atoms. The van der Waals surface area contributed by atoms with Gasteiger partial charge in [0.15, 0.2) is 5.82 Å². The van der Waals surface area contributed by atoms with E-state index in [4.69, 9.17) is 4.74 Å². The van der Waals surface area contributed by atoms with E-state index in [-0.39, 0.29) is 6.10 Å². The Labute approximate surface area is 127 Å². The predicted molar refractivity (Wildman–Crippen MR) is 79.1 cm³/mol. The van der Waals surface area contributed by atoms with Crippen molar-refractivity contribution in [1.29, 1.82) is 0 Å². The minimum absolute atomic E-state index is 0.0158. The van der Waals surface area contributed by atoms with Crippen molar-refractivity contribution in [2.24, 2.45) is 7.05 Å². The minimum atomic E-state index is 0.0158. The Bertz CT molecular complexity index is 620. The summed E-state index contributed by atoms with van der Waals surface area (Å²) in [7, 11) is 1.96. The number of nitrogens with zero attached hydrogens (tertiary/aromatic N) is 5. The van der Waals surface area contributed by atoms with Crippen molar-refractivity contribution in [3.8, 4) is 0 Å². The van der Waals surface area contributed by atoms with E-state index in [9.17, 15) is 0 Å². The third-order valence-electron chi connectivity index (χ3n) is 4.06. The molecule has 3 heterocycles. The average Bonchev–Trinajstić information content (AvgIpc) is 3.09. The third kappa shape index (κ3) is 2.86. The lowest BCUT2D eigenvalue weighted by atomic mass is 10.2. The molecular weight excluding hydrogens is 286 g/mol. The van der Waals surface area contributed by atoms with Gasteiger partial charge in [0.1, 0.15) is 12.4 Å². The van der Waals surface area contributed by atoms with Crippen LogP contribution in [0.2, 0.25) is 0 Å². The number of rotatable bonds is 4. The van der Waals surface area contributed by atoms with Crippen molar-refractivity contribution in [2.75, 3.05) is 19.7 Å². The van der Waals surface area contributed by atoms with Crippen molar-refractivity contribution >= 4 is 11.3 Å². The first-order valence-corrected chi connectivity index (χ1v) is 8.23. The first-order chi connectivity index (χ1) is 10.3. The Morgan fingerprint density at radius 2 is 2.33 bits per heavy atom. The molecule has 0 amide bonds. The maximum Gasteiger partial charge on any atom is 0.163 e. The Morgan fingerprint density at radius 3 is 3.10 bits per heavy atom.